The van der Waals surface area contributed by atoms with Gasteiger partial charge in [0.05, 0.1) is 11.5 Å². The highest BCUT2D eigenvalue weighted by molar-refractivity contribution is 9.10. The summed E-state index contributed by atoms with van der Waals surface area (Å²) in [5, 5.41) is 3.16. The van der Waals surface area contributed by atoms with E-state index in [0.717, 1.165) is 32.1 Å². The van der Waals surface area contributed by atoms with E-state index in [1.54, 1.807) is 24.3 Å². The van der Waals surface area contributed by atoms with Crippen LogP contribution < -0.4 is 11.1 Å². The summed E-state index contributed by atoms with van der Waals surface area (Å²) in [7, 11) is -3.73. The molecule has 4 aliphatic carbocycles. The topological polar surface area (TPSA) is 119 Å². The van der Waals surface area contributed by atoms with Gasteiger partial charge in [0.2, 0.25) is 15.9 Å². The van der Waals surface area contributed by atoms with E-state index in [2.05, 4.69) is 21.2 Å². The number of hydrogen-bond acceptors (Lipinski definition) is 5. The maximum atomic E-state index is 13.1. The summed E-state index contributed by atoms with van der Waals surface area (Å²) in [5.41, 5.74) is 5.35. The number of nitrogens with one attached hydrogen (secondary N) is 1. The molecule has 5 aliphatic rings. The van der Waals surface area contributed by atoms with E-state index in [9.17, 15) is 18.0 Å². The predicted molar refractivity (Wildman–Crippen MR) is 120 cm³/mol. The van der Waals surface area contributed by atoms with E-state index >= 15 is 0 Å². The molecule has 0 aromatic heterocycles. The second-order valence-electron chi connectivity index (χ2n) is 9.83. The number of amides is 2. The highest BCUT2D eigenvalue weighted by Gasteiger charge is 2.58. The average Bonchev–Trinajstić information content (AvgIpc) is 2.75. The molecule has 1 aromatic rings. The summed E-state index contributed by atoms with van der Waals surface area (Å²) in [4.78, 5) is 25.4. The molecule has 8 nitrogen and oxygen atoms in total. The number of morpholine rings is 1. The molecular weight excluding hydrogens is 498 g/mol. The number of benzene rings is 1. The van der Waals surface area contributed by atoms with Crippen LogP contribution in [0.4, 0.5) is 0 Å². The third kappa shape index (κ3) is 3.78. The number of carbonyl (C=O) groups excluding carboxylic acids is 2. The number of halogens is 1. The Morgan fingerprint density at radius 2 is 1.91 bits per heavy atom. The van der Waals surface area contributed by atoms with Crippen molar-refractivity contribution in [1.29, 1.82) is 0 Å². The van der Waals surface area contributed by atoms with Crippen molar-refractivity contribution < 1.29 is 22.7 Å². The first-order valence-corrected chi connectivity index (χ1v) is 13.4. The van der Waals surface area contributed by atoms with Gasteiger partial charge in [0, 0.05) is 29.0 Å². The van der Waals surface area contributed by atoms with Crippen molar-refractivity contribution in [2.45, 2.75) is 49.1 Å². The van der Waals surface area contributed by atoms with Gasteiger partial charge in [-0.05, 0) is 68.1 Å². The minimum absolute atomic E-state index is 0.00723. The number of primary amides is 1. The van der Waals surface area contributed by atoms with Gasteiger partial charge >= 0.3 is 0 Å². The summed E-state index contributed by atoms with van der Waals surface area (Å²) >= 11 is 3.31. The first-order chi connectivity index (χ1) is 15.2. The van der Waals surface area contributed by atoms with Crippen LogP contribution in [0.1, 0.15) is 32.1 Å². The molecule has 6 rings (SSSR count). The second kappa shape index (κ2) is 8.07. The van der Waals surface area contributed by atoms with Crippen molar-refractivity contribution in [2.24, 2.45) is 28.9 Å². The van der Waals surface area contributed by atoms with Crippen molar-refractivity contribution in [3.05, 3.63) is 28.7 Å². The van der Waals surface area contributed by atoms with E-state index in [4.69, 9.17) is 10.5 Å². The zero-order valence-corrected chi connectivity index (χ0v) is 20.1. The number of nitrogens with zero attached hydrogens (tertiary/aromatic N) is 1. The zero-order chi connectivity index (χ0) is 22.7. The lowest BCUT2D eigenvalue weighted by Gasteiger charge is -2.59. The second-order valence-corrected chi connectivity index (χ2v) is 12.7. The van der Waals surface area contributed by atoms with Crippen LogP contribution in [0.25, 0.3) is 0 Å². The van der Waals surface area contributed by atoms with Crippen LogP contribution in [0.3, 0.4) is 0 Å². The molecule has 5 fully saturated rings. The SMILES string of the molecule is NC(=O)C12CC3CC(C1)C(NC(=O)C1CN(S(=O)(=O)c4cccc(Br)c4)CCO1)C(C3)C2. The van der Waals surface area contributed by atoms with Crippen LogP contribution in [-0.4, -0.2) is 56.4 Å². The normalized spacial score (nSPS) is 36.7. The molecule has 10 heteroatoms. The van der Waals surface area contributed by atoms with Crippen molar-refractivity contribution in [2.75, 3.05) is 19.7 Å². The molecule has 0 radical (unpaired) electrons. The number of hydrogen-bond donors (Lipinski definition) is 2. The fraction of sp³-hybridized carbons (Fsp3) is 0.636. The smallest absolute Gasteiger partial charge is 0.250 e. The number of nitrogens with two attached hydrogens (primary N) is 1. The van der Waals surface area contributed by atoms with E-state index in [0.29, 0.717) is 10.4 Å². The van der Waals surface area contributed by atoms with Crippen LogP contribution >= 0.6 is 15.9 Å². The summed E-state index contributed by atoms with van der Waals surface area (Å²) < 4.78 is 33.8. The van der Waals surface area contributed by atoms with Crippen molar-refractivity contribution in [3.8, 4) is 0 Å². The monoisotopic (exact) mass is 525 g/mol. The molecule has 32 heavy (non-hydrogen) atoms. The van der Waals surface area contributed by atoms with Gasteiger partial charge in [0.25, 0.3) is 5.91 Å². The van der Waals surface area contributed by atoms with Crippen LogP contribution in [0.15, 0.2) is 33.6 Å². The van der Waals surface area contributed by atoms with Gasteiger partial charge in [-0.2, -0.15) is 4.31 Å². The summed E-state index contributed by atoms with van der Waals surface area (Å²) in [6.07, 6.45) is 3.50. The first kappa shape index (κ1) is 22.3. The molecule has 3 unspecified atom stereocenters. The largest absolute Gasteiger partial charge is 0.369 e. The van der Waals surface area contributed by atoms with Crippen molar-refractivity contribution in [3.63, 3.8) is 0 Å². The van der Waals surface area contributed by atoms with Gasteiger partial charge in [-0.25, -0.2) is 8.42 Å². The Morgan fingerprint density at radius 3 is 2.56 bits per heavy atom. The van der Waals surface area contributed by atoms with Gasteiger partial charge in [0.1, 0.15) is 6.10 Å². The summed E-state index contributed by atoms with van der Waals surface area (Å²) in [5.74, 6) is 0.505. The third-order valence-corrected chi connectivity index (χ3v) is 10.2. The molecule has 3 atom stereocenters. The Kier molecular flexibility index (Phi) is 5.63. The Morgan fingerprint density at radius 1 is 1.19 bits per heavy atom. The van der Waals surface area contributed by atoms with Crippen molar-refractivity contribution in [1.82, 2.24) is 9.62 Å². The Labute approximate surface area is 196 Å². The van der Waals surface area contributed by atoms with Gasteiger partial charge < -0.3 is 15.8 Å². The standard InChI is InChI=1S/C22H28BrN3O5S/c23-16-2-1-3-17(8-16)32(29,30)26-4-5-31-18(12-26)20(27)25-19-14-6-13-7-15(19)11-22(9-13,10-14)21(24)28/h1-3,8,13-15,18-19H,4-7,9-12H2,(H2,24,28)(H,25,27). The summed E-state index contributed by atoms with van der Waals surface area (Å²) in [6.45, 7) is 0.350. The number of rotatable bonds is 5. The lowest BCUT2D eigenvalue weighted by Crippen LogP contribution is -2.63. The molecule has 4 saturated carbocycles. The summed E-state index contributed by atoms with van der Waals surface area (Å²) in [6, 6.07) is 6.54. The highest BCUT2D eigenvalue weighted by atomic mass is 79.9. The predicted octanol–water partition coefficient (Wildman–Crippen LogP) is 1.63. The van der Waals surface area contributed by atoms with E-state index < -0.39 is 21.5 Å². The van der Waals surface area contributed by atoms with Crippen LogP contribution in [0, 0.1) is 23.2 Å². The van der Waals surface area contributed by atoms with Gasteiger partial charge in [-0.15, -0.1) is 0 Å². The van der Waals surface area contributed by atoms with Crippen LogP contribution in [0.2, 0.25) is 0 Å². The fourth-order valence-corrected chi connectivity index (χ4v) is 8.62. The molecule has 0 spiro atoms. The molecule has 1 aliphatic heterocycles. The van der Waals surface area contributed by atoms with Gasteiger partial charge in [-0.3, -0.25) is 9.59 Å². The van der Waals surface area contributed by atoms with Crippen LogP contribution in [0.5, 0.6) is 0 Å². The van der Waals surface area contributed by atoms with E-state index in [1.165, 1.54) is 4.31 Å². The van der Waals surface area contributed by atoms with Gasteiger partial charge in [0.15, 0.2) is 0 Å². The number of ether oxygens (including phenoxy) is 1. The minimum Gasteiger partial charge on any atom is -0.369 e. The van der Waals surface area contributed by atoms with E-state index in [-0.39, 0.29) is 54.3 Å². The lowest BCUT2D eigenvalue weighted by atomic mass is 9.47. The Balaban J connectivity index is 1.27. The Hall–Kier alpha value is -1.49. The molecule has 1 saturated heterocycles. The van der Waals surface area contributed by atoms with E-state index in [1.807, 2.05) is 0 Å². The molecule has 3 N–H and O–H groups in total. The maximum Gasteiger partial charge on any atom is 0.250 e. The third-order valence-electron chi connectivity index (χ3n) is 7.86. The molecule has 1 heterocycles. The lowest BCUT2D eigenvalue weighted by molar-refractivity contribution is -0.150. The fourth-order valence-electron chi connectivity index (χ4n) is 6.60. The minimum atomic E-state index is -3.73. The number of carbonyl (C=O) groups is 2. The quantitative estimate of drug-likeness (QED) is 0.605. The molecule has 2 amide bonds. The zero-order valence-electron chi connectivity index (χ0n) is 17.7. The molecular formula is C22H28BrN3O5S. The Bertz CT molecular complexity index is 1030. The highest BCUT2D eigenvalue weighted by Crippen LogP contribution is 2.59. The average molecular weight is 526 g/mol. The number of sulfonamides is 1. The molecule has 1 aromatic carbocycles. The van der Waals surface area contributed by atoms with Crippen molar-refractivity contribution >= 4 is 37.8 Å². The van der Waals surface area contributed by atoms with Gasteiger partial charge in [-0.1, -0.05) is 22.0 Å². The molecule has 4 bridgehead atoms. The van der Waals surface area contributed by atoms with Crippen LogP contribution in [-0.2, 0) is 24.3 Å². The molecule has 174 valence electrons. The maximum absolute atomic E-state index is 13.1. The first-order valence-electron chi connectivity index (χ1n) is 11.2.